The molecule has 4 atom stereocenters. The van der Waals surface area contributed by atoms with E-state index in [-0.39, 0.29) is 23.3 Å². The van der Waals surface area contributed by atoms with Gasteiger partial charge in [-0.2, -0.15) is 4.31 Å². The van der Waals surface area contributed by atoms with E-state index in [2.05, 4.69) is 5.32 Å². The normalized spacial score (nSPS) is 31.9. The lowest BCUT2D eigenvalue weighted by Crippen LogP contribution is -2.48. The molecule has 0 unspecified atom stereocenters. The van der Waals surface area contributed by atoms with Gasteiger partial charge in [-0.15, -0.1) is 0 Å². The molecule has 26 heavy (non-hydrogen) atoms. The third kappa shape index (κ3) is 3.51. The number of halogens is 1. The van der Waals surface area contributed by atoms with E-state index in [1.807, 2.05) is 0 Å². The van der Waals surface area contributed by atoms with Gasteiger partial charge in [-0.3, -0.25) is 4.79 Å². The number of hydrogen-bond acceptors (Lipinski definition) is 3. The van der Waals surface area contributed by atoms with Gasteiger partial charge in [0.2, 0.25) is 15.9 Å². The minimum atomic E-state index is -3.59. The van der Waals surface area contributed by atoms with E-state index < -0.39 is 10.0 Å². The number of benzene rings is 1. The van der Waals surface area contributed by atoms with Gasteiger partial charge >= 0.3 is 0 Å². The summed E-state index contributed by atoms with van der Waals surface area (Å²) in [4.78, 5) is 13.0. The summed E-state index contributed by atoms with van der Waals surface area (Å²) in [5.74, 6) is 1.17. The van der Waals surface area contributed by atoms with Crippen LogP contribution in [-0.2, 0) is 14.8 Å². The Bertz CT molecular complexity index is 780. The topological polar surface area (TPSA) is 66.5 Å². The summed E-state index contributed by atoms with van der Waals surface area (Å²) in [6.45, 7) is 0.723. The molecule has 3 aliphatic rings. The first kappa shape index (κ1) is 18.3. The standard InChI is InChI=1S/C19H25ClN2O3S/c20-16-5-7-17(8-6-16)26(24,25)22-9-1-2-15(12-22)19(23)21-18-11-13-3-4-14(18)10-13/h5-8,13-15,18H,1-4,9-12H2,(H,21,23)/t13-,14-,15-,18-/m0/s1. The van der Waals surface area contributed by atoms with Crippen LogP contribution < -0.4 is 5.32 Å². The smallest absolute Gasteiger partial charge is 0.243 e. The number of hydrogen-bond donors (Lipinski definition) is 1. The van der Waals surface area contributed by atoms with Crippen molar-refractivity contribution in [2.24, 2.45) is 17.8 Å². The van der Waals surface area contributed by atoms with Gasteiger partial charge in [0, 0.05) is 24.2 Å². The summed E-state index contributed by atoms with van der Waals surface area (Å²) in [5, 5.41) is 3.73. The number of sulfonamides is 1. The highest BCUT2D eigenvalue weighted by molar-refractivity contribution is 7.89. The minimum Gasteiger partial charge on any atom is -0.353 e. The summed E-state index contributed by atoms with van der Waals surface area (Å²) >= 11 is 5.86. The fraction of sp³-hybridized carbons (Fsp3) is 0.632. The van der Waals surface area contributed by atoms with Gasteiger partial charge < -0.3 is 5.32 Å². The number of nitrogens with one attached hydrogen (secondary N) is 1. The first-order valence-electron chi connectivity index (χ1n) is 9.49. The van der Waals surface area contributed by atoms with Crippen molar-refractivity contribution in [3.05, 3.63) is 29.3 Å². The summed E-state index contributed by atoms with van der Waals surface area (Å²) in [7, 11) is -3.59. The molecule has 1 aliphatic heterocycles. The molecule has 142 valence electrons. The molecule has 0 radical (unpaired) electrons. The Morgan fingerprint density at radius 2 is 1.88 bits per heavy atom. The van der Waals surface area contributed by atoms with Gasteiger partial charge in [0.25, 0.3) is 0 Å². The van der Waals surface area contributed by atoms with Crippen molar-refractivity contribution in [1.82, 2.24) is 9.62 Å². The lowest BCUT2D eigenvalue weighted by atomic mass is 9.93. The minimum absolute atomic E-state index is 0.0264. The second kappa shape index (κ2) is 7.13. The van der Waals surface area contributed by atoms with E-state index in [1.165, 1.54) is 35.7 Å². The lowest BCUT2D eigenvalue weighted by molar-refractivity contribution is -0.127. The zero-order valence-electron chi connectivity index (χ0n) is 14.7. The Labute approximate surface area is 160 Å². The SMILES string of the molecule is O=C(N[C@H]1C[C@H]2CC[C@H]1C2)[C@H]1CCCN(S(=O)(=O)c2ccc(Cl)cc2)C1. The van der Waals surface area contributed by atoms with Crippen LogP contribution in [0.1, 0.15) is 38.5 Å². The Balaban J connectivity index is 1.42. The zero-order chi connectivity index (χ0) is 18.3. The molecule has 0 spiro atoms. The van der Waals surface area contributed by atoms with Gasteiger partial charge in [0.1, 0.15) is 0 Å². The van der Waals surface area contributed by atoms with Crippen molar-refractivity contribution in [1.29, 1.82) is 0 Å². The van der Waals surface area contributed by atoms with Crippen LogP contribution in [0.25, 0.3) is 0 Å². The third-order valence-electron chi connectivity index (χ3n) is 6.27. The Hall–Kier alpha value is -1.11. The highest BCUT2D eigenvalue weighted by atomic mass is 35.5. The lowest BCUT2D eigenvalue weighted by Gasteiger charge is -2.33. The summed E-state index contributed by atoms with van der Waals surface area (Å²) in [6.07, 6.45) is 6.31. The Morgan fingerprint density at radius 1 is 1.12 bits per heavy atom. The van der Waals surface area contributed by atoms with E-state index in [0.29, 0.717) is 29.9 Å². The highest BCUT2D eigenvalue weighted by Crippen LogP contribution is 2.44. The quantitative estimate of drug-likeness (QED) is 0.850. The largest absolute Gasteiger partial charge is 0.353 e. The van der Waals surface area contributed by atoms with Crippen LogP contribution in [0.3, 0.4) is 0 Å². The maximum Gasteiger partial charge on any atom is 0.243 e. The second-order valence-electron chi connectivity index (χ2n) is 7.95. The first-order chi connectivity index (χ1) is 12.4. The van der Waals surface area contributed by atoms with Crippen molar-refractivity contribution in [2.75, 3.05) is 13.1 Å². The molecule has 1 aromatic rings. The number of carbonyl (C=O) groups excluding carboxylic acids is 1. The van der Waals surface area contributed by atoms with Crippen LogP contribution >= 0.6 is 11.6 Å². The zero-order valence-corrected chi connectivity index (χ0v) is 16.3. The Morgan fingerprint density at radius 3 is 2.54 bits per heavy atom. The highest BCUT2D eigenvalue weighted by Gasteiger charge is 2.41. The fourth-order valence-corrected chi connectivity index (χ4v) is 6.50. The van der Waals surface area contributed by atoms with E-state index in [0.717, 1.165) is 18.8 Å². The van der Waals surface area contributed by atoms with E-state index in [9.17, 15) is 13.2 Å². The molecule has 1 heterocycles. The molecule has 4 rings (SSSR count). The average Bonchev–Trinajstić information content (AvgIpc) is 3.25. The molecule has 1 amide bonds. The van der Waals surface area contributed by atoms with Crippen LogP contribution in [-0.4, -0.2) is 37.8 Å². The van der Waals surface area contributed by atoms with Crippen molar-refractivity contribution in [3.8, 4) is 0 Å². The predicted octanol–water partition coefficient (Wildman–Crippen LogP) is 3.05. The van der Waals surface area contributed by atoms with Crippen LogP contribution in [0.5, 0.6) is 0 Å². The first-order valence-corrected chi connectivity index (χ1v) is 11.3. The van der Waals surface area contributed by atoms with Gasteiger partial charge in [-0.1, -0.05) is 18.0 Å². The number of fused-ring (bicyclic) bond motifs is 2. The van der Waals surface area contributed by atoms with Crippen LogP contribution in [0.15, 0.2) is 29.2 Å². The number of nitrogens with zero attached hydrogens (tertiary/aromatic N) is 1. The monoisotopic (exact) mass is 396 g/mol. The summed E-state index contributed by atoms with van der Waals surface area (Å²) in [5.41, 5.74) is 0. The maximum atomic E-state index is 12.9. The van der Waals surface area contributed by atoms with Crippen LogP contribution in [0.4, 0.5) is 0 Å². The van der Waals surface area contributed by atoms with Gasteiger partial charge in [0.05, 0.1) is 10.8 Å². The second-order valence-corrected chi connectivity index (χ2v) is 10.3. The molecule has 2 bridgehead atoms. The number of piperidine rings is 1. The average molecular weight is 397 g/mol. The van der Waals surface area contributed by atoms with Crippen molar-refractivity contribution in [3.63, 3.8) is 0 Å². The fourth-order valence-electron chi connectivity index (χ4n) is 4.85. The number of rotatable bonds is 4. The predicted molar refractivity (Wildman–Crippen MR) is 100 cm³/mol. The molecule has 1 aromatic carbocycles. The van der Waals surface area contributed by atoms with Gasteiger partial charge in [0.15, 0.2) is 0 Å². The molecule has 2 saturated carbocycles. The maximum absolute atomic E-state index is 12.9. The number of carbonyl (C=O) groups is 1. The van der Waals surface area contributed by atoms with Gasteiger partial charge in [-0.05, 0) is 68.2 Å². The van der Waals surface area contributed by atoms with Crippen molar-refractivity contribution < 1.29 is 13.2 Å². The summed E-state index contributed by atoms with van der Waals surface area (Å²) < 4.78 is 27.2. The molecule has 2 aliphatic carbocycles. The van der Waals surface area contributed by atoms with E-state index >= 15 is 0 Å². The molecule has 1 saturated heterocycles. The van der Waals surface area contributed by atoms with Gasteiger partial charge in [-0.25, -0.2) is 8.42 Å². The molecule has 1 N–H and O–H groups in total. The third-order valence-corrected chi connectivity index (χ3v) is 8.40. The summed E-state index contributed by atoms with van der Waals surface area (Å²) in [6, 6.07) is 6.51. The van der Waals surface area contributed by atoms with Crippen LogP contribution in [0.2, 0.25) is 5.02 Å². The van der Waals surface area contributed by atoms with Crippen molar-refractivity contribution >= 4 is 27.5 Å². The van der Waals surface area contributed by atoms with Crippen molar-refractivity contribution in [2.45, 2.75) is 49.5 Å². The van der Waals surface area contributed by atoms with E-state index in [1.54, 1.807) is 12.1 Å². The van der Waals surface area contributed by atoms with Crippen LogP contribution in [0, 0.1) is 17.8 Å². The van der Waals surface area contributed by atoms with E-state index in [4.69, 9.17) is 11.6 Å². The molecule has 0 aromatic heterocycles. The molecule has 5 nitrogen and oxygen atoms in total. The molecular weight excluding hydrogens is 372 g/mol. The molecular formula is C19H25ClN2O3S. The molecule has 7 heteroatoms. The Kier molecular flexibility index (Phi) is 5.01. The number of amides is 1. The molecule has 3 fully saturated rings.